The third-order valence-electron chi connectivity index (χ3n) is 5.32. The molecule has 1 amide bonds. The number of aromatic amines is 1. The highest BCUT2D eigenvalue weighted by molar-refractivity contribution is 5.93. The number of carbonyl (C=O) groups is 1. The first-order valence-electron chi connectivity index (χ1n) is 8.98. The number of rotatable bonds is 3. The Morgan fingerprint density at radius 1 is 1.20 bits per heavy atom. The van der Waals surface area contributed by atoms with Crippen LogP contribution >= 0.6 is 0 Å². The number of hydrogen-bond acceptors (Lipinski definition) is 4. The summed E-state index contributed by atoms with van der Waals surface area (Å²) in [7, 11) is 1.65. The second-order valence-electron chi connectivity index (χ2n) is 6.83. The molecule has 6 heteroatoms. The number of H-pyrrole nitrogens is 1. The van der Waals surface area contributed by atoms with Gasteiger partial charge in [-0.2, -0.15) is 5.10 Å². The standard InChI is InChI=1S/C19H24N4O2/c1-25-16-7-5-14(6-8-16)17-12-18(21-20-17)19(24)23-11-10-22-9-3-2-4-15(22)13-23/h5-8,12,15H,2-4,9-11,13H2,1H3,(H,20,21)/t15-/m0/s1. The van der Waals surface area contributed by atoms with Gasteiger partial charge in [0.1, 0.15) is 11.4 Å². The summed E-state index contributed by atoms with van der Waals surface area (Å²) in [6, 6.07) is 10.1. The van der Waals surface area contributed by atoms with E-state index in [9.17, 15) is 4.79 Å². The van der Waals surface area contributed by atoms with Crippen LogP contribution in [0.4, 0.5) is 0 Å². The molecule has 1 N–H and O–H groups in total. The largest absolute Gasteiger partial charge is 0.497 e. The quantitative estimate of drug-likeness (QED) is 0.932. The number of ether oxygens (including phenoxy) is 1. The monoisotopic (exact) mass is 340 g/mol. The van der Waals surface area contributed by atoms with E-state index in [1.54, 1.807) is 7.11 Å². The summed E-state index contributed by atoms with van der Waals surface area (Å²) in [5.74, 6) is 0.860. The lowest BCUT2D eigenvalue weighted by molar-refractivity contribution is 0.0368. The maximum Gasteiger partial charge on any atom is 0.271 e. The SMILES string of the molecule is COc1ccc(-c2cc(C(=O)N3CCN4CCCC[C@H]4C3)[nH]n2)cc1. The van der Waals surface area contributed by atoms with Crippen molar-refractivity contribution in [3.8, 4) is 17.0 Å². The lowest BCUT2D eigenvalue weighted by atomic mass is 9.99. The van der Waals surface area contributed by atoms with Gasteiger partial charge in [-0.05, 0) is 49.7 Å². The molecule has 0 bridgehead atoms. The van der Waals surface area contributed by atoms with E-state index in [1.807, 2.05) is 35.2 Å². The molecule has 2 aliphatic rings. The van der Waals surface area contributed by atoms with E-state index >= 15 is 0 Å². The molecular weight excluding hydrogens is 316 g/mol. The van der Waals surface area contributed by atoms with Gasteiger partial charge in [-0.25, -0.2) is 0 Å². The number of benzene rings is 1. The number of hydrogen-bond donors (Lipinski definition) is 1. The molecule has 0 aliphatic carbocycles. The Kier molecular flexibility index (Phi) is 4.44. The van der Waals surface area contributed by atoms with Gasteiger partial charge in [0, 0.05) is 31.2 Å². The maximum absolute atomic E-state index is 12.8. The van der Waals surface area contributed by atoms with Crippen molar-refractivity contribution in [3.63, 3.8) is 0 Å². The smallest absolute Gasteiger partial charge is 0.271 e. The molecule has 0 radical (unpaired) electrons. The number of piperazine rings is 1. The number of nitrogens with one attached hydrogen (secondary N) is 1. The number of nitrogens with zero attached hydrogens (tertiary/aromatic N) is 3. The molecule has 132 valence electrons. The molecule has 1 aromatic heterocycles. The van der Waals surface area contributed by atoms with Crippen LogP contribution in [0, 0.1) is 0 Å². The average Bonchev–Trinajstić information content (AvgIpc) is 3.17. The van der Waals surface area contributed by atoms with E-state index in [4.69, 9.17) is 4.74 Å². The van der Waals surface area contributed by atoms with E-state index in [1.165, 1.54) is 25.8 Å². The fourth-order valence-electron chi connectivity index (χ4n) is 3.85. The molecule has 1 atom stereocenters. The van der Waals surface area contributed by atoms with Crippen LogP contribution in [0.25, 0.3) is 11.3 Å². The van der Waals surface area contributed by atoms with Crippen molar-refractivity contribution in [1.29, 1.82) is 0 Å². The summed E-state index contributed by atoms with van der Waals surface area (Å²) < 4.78 is 5.18. The number of piperidine rings is 1. The van der Waals surface area contributed by atoms with Crippen LogP contribution in [0.15, 0.2) is 30.3 Å². The minimum atomic E-state index is 0.0532. The Morgan fingerprint density at radius 3 is 2.84 bits per heavy atom. The van der Waals surface area contributed by atoms with Gasteiger partial charge in [0.05, 0.1) is 12.8 Å². The van der Waals surface area contributed by atoms with E-state index < -0.39 is 0 Å². The Morgan fingerprint density at radius 2 is 2.04 bits per heavy atom. The van der Waals surface area contributed by atoms with Crippen LogP contribution in [0.2, 0.25) is 0 Å². The highest BCUT2D eigenvalue weighted by Crippen LogP contribution is 2.24. The molecule has 2 saturated heterocycles. The van der Waals surface area contributed by atoms with Gasteiger partial charge >= 0.3 is 0 Å². The lowest BCUT2D eigenvalue weighted by Gasteiger charge is -2.43. The molecule has 1 aromatic carbocycles. The molecule has 4 rings (SSSR count). The van der Waals surface area contributed by atoms with Gasteiger partial charge < -0.3 is 9.64 Å². The topological polar surface area (TPSA) is 61.5 Å². The normalized spacial score (nSPS) is 21.0. The Labute approximate surface area is 147 Å². The maximum atomic E-state index is 12.8. The fraction of sp³-hybridized carbons (Fsp3) is 0.474. The zero-order chi connectivity index (χ0) is 17.2. The van der Waals surface area contributed by atoms with Crippen LogP contribution in [-0.4, -0.2) is 65.2 Å². The van der Waals surface area contributed by atoms with Crippen LogP contribution in [-0.2, 0) is 0 Å². The van der Waals surface area contributed by atoms with Gasteiger partial charge in [-0.15, -0.1) is 0 Å². The van der Waals surface area contributed by atoms with Gasteiger partial charge in [-0.3, -0.25) is 14.8 Å². The van der Waals surface area contributed by atoms with Crippen LogP contribution < -0.4 is 4.74 Å². The van der Waals surface area contributed by atoms with Crippen molar-refractivity contribution in [2.24, 2.45) is 0 Å². The van der Waals surface area contributed by atoms with Crippen LogP contribution in [0.1, 0.15) is 29.8 Å². The summed E-state index contributed by atoms with van der Waals surface area (Å²) in [6.07, 6.45) is 3.76. The summed E-state index contributed by atoms with van der Waals surface area (Å²) in [5, 5.41) is 7.23. The van der Waals surface area contributed by atoms with Crippen molar-refractivity contribution in [2.45, 2.75) is 25.3 Å². The molecule has 0 spiro atoms. The summed E-state index contributed by atoms with van der Waals surface area (Å²) >= 11 is 0. The Bertz CT molecular complexity index is 740. The average molecular weight is 340 g/mol. The third kappa shape index (κ3) is 3.26. The fourth-order valence-corrected chi connectivity index (χ4v) is 3.85. The Balaban J connectivity index is 1.46. The zero-order valence-corrected chi connectivity index (χ0v) is 14.6. The van der Waals surface area contributed by atoms with E-state index in [0.717, 1.165) is 36.6 Å². The summed E-state index contributed by atoms with van der Waals surface area (Å²) in [6.45, 7) is 3.79. The number of fused-ring (bicyclic) bond motifs is 1. The van der Waals surface area contributed by atoms with Gasteiger partial charge in [-0.1, -0.05) is 6.42 Å². The van der Waals surface area contributed by atoms with Crippen molar-refractivity contribution in [2.75, 3.05) is 33.3 Å². The van der Waals surface area contributed by atoms with Gasteiger partial charge in [0.2, 0.25) is 0 Å². The van der Waals surface area contributed by atoms with E-state index in [-0.39, 0.29) is 5.91 Å². The number of methoxy groups -OCH3 is 1. The highest BCUT2D eigenvalue weighted by atomic mass is 16.5. The van der Waals surface area contributed by atoms with Crippen LogP contribution in [0.5, 0.6) is 5.75 Å². The lowest BCUT2D eigenvalue weighted by Crippen LogP contribution is -2.56. The molecule has 3 heterocycles. The van der Waals surface area contributed by atoms with E-state index in [0.29, 0.717) is 11.7 Å². The second kappa shape index (κ2) is 6.88. The number of carbonyl (C=O) groups excluding carboxylic acids is 1. The minimum absolute atomic E-state index is 0.0532. The second-order valence-corrected chi connectivity index (χ2v) is 6.83. The van der Waals surface area contributed by atoms with Gasteiger partial charge in [0.15, 0.2) is 0 Å². The molecule has 25 heavy (non-hydrogen) atoms. The first kappa shape index (κ1) is 16.1. The molecule has 2 fully saturated rings. The predicted octanol–water partition coefficient (Wildman–Crippen LogP) is 2.40. The summed E-state index contributed by atoms with van der Waals surface area (Å²) in [4.78, 5) is 17.3. The first-order valence-corrected chi connectivity index (χ1v) is 8.98. The number of amides is 1. The van der Waals surface area contributed by atoms with E-state index in [2.05, 4.69) is 15.1 Å². The molecule has 2 aromatic rings. The molecule has 0 saturated carbocycles. The third-order valence-corrected chi connectivity index (χ3v) is 5.32. The molecule has 0 unspecified atom stereocenters. The predicted molar refractivity (Wildman–Crippen MR) is 95.7 cm³/mol. The van der Waals surface area contributed by atoms with Gasteiger partial charge in [0.25, 0.3) is 5.91 Å². The molecular formula is C19H24N4O2. The highest BCUT2D eigenvalue weighted by Gasteiger charge is 2.31. The van der Waals surface area contributed by atoms with Crippen molar-refractivity contribution in [1.82, 2.24) is 20.0 Å². The summed E-state index contributed by atoms with van der Waals surface area (Å²) in [5.41, 5.74) is 2.31. The minimum Gasteiger partial charge on any atom is -0.497 e. The Hall–Kier alpha value is -2.34. The molecule has 2 aliphatic heterocycles. The van der Waals surface area contributed by atoms with Crippen molar-refractivity contribution >= 4 is 5.91 Å². The van der Waals surface area contributed by atoms with Crippen molar-refractivity contribution in [3.05, 3.63) is 36.0 Å². The van der Waals surface area contributed by atoms with Crippen LogP contribution in [0.3, 0.4) is 0 Å². The first-order chi connectivity index (χ1) is 12.2. The van der Waals surface area contributed by atoms with Crippen molar-refractivity contribution < 1.29 is 9.53 Å². The molecule has 6 nitrogen and oxygen atoms in total. The zero-order valence-electron chi connectivity index (χ0n) is 14.6. The number of aromatic nitrogens is 2.